The number of carbonyl (C=O) groups excluding carboxylic acids is 2. The lowest BCUT2D eigenvalue weighted by atomic mass is 9.99. The van der Waals surface area contributed by atoms with E-state index in [0.29, 0.717) is 31.2 Å². The van der Waals surface area contributed by atoms with Crippen LogP contribution >= 0.6 is 0 Å². The lowest BCUT2D eigenvalue weighted by Gasteiger charge is -2.19. The van der Waals surface area contributed by atoms with E-state index in [9.17, 15) is 9.59 Å². The van der Waals surface area contributed by atoms with Crippen molar-refractivity contribution in [3.05, 3.63) is 29.8 Å². The van der Waals surface area contributed by atoms with Crippen LogP contribution in [0.5, 0.6) is 0 Å². The monoisotopic (exact) mass is 302 g/mol. The smallest absolute Gasteiger partial charge is 0.240 e. The molecule has 1 aromatic carbocycles. The fraction of sp³-hybridized carbons (Fsp3) is 0.556. The van der Waals surface area contributed by atoms with Crippen LogP contribution in [-0.2, 0) is 9.59 Å². The number of anilines is 1. The third-order valence-corrected chi connectivity index (χ3v) is 4.12. The van der Waals surface area contributed by atoms with Gasteiger partial charge in [0.05, 0.1) is 0 Å². The number of para-hydroxylation sites is 1. The average Bonchev–Trinajstić information content (AvgIpc) is 3.26. The Kier molecular flexibility index (Phi) is 4.89. The first-order valence-electron chi connectivity index (χ1n) is 8.05. The minimum Gasteiger partial charge on any atom is -0.355 e. The molecular weight excluding hydrogens is 276 g/mol. The van der Waals surface area contributed by atoms with Crippen molar-refractivity contribution >= 4 is 17.5 Å². The van der Waals surface area contributed by atoms with E-state index in [1.807, 2.05) is 38.1 Å². The van der Waals surface area contributed by atoms with Crippen LogP contribution in [0.15, 0.2) is 24.3 Å². The first kappa shape index (κ1) is 16.5. The zero-order valence-electron chi connectivity index (χ0n) is 13.9. The van der Waals surface area contributed by atoms with Crippen LogP contribution < -0.4 is 10.6 Å². The van der Waals surface area contributed by atoms with Gasteiger partial charge in [-0.15, -0.1) is 0 Å². The maximum Gasteiger partial charge on any atom is 0.240 e. The Labute approximate surface area is 132 Å². The molecule has 1 saturated carbocycles. The Morgan fingerprint density at radius 2 is 1.73 bits per heavy atom. The summed E-state index contributed by atoms with van der Waals surface area (Å²) in [6, 6.07) is 7.78. The van der Waals surface area contributed by atoms with Crippen LogP contribution in [0.25, 0.3) is 0 Å². The SMILES string of the molecule is CC(C)CNC(=O)C1(C(=O)Nc2ccccc2C(C)C)CC1. The van der Waals surface area contributed by atoms with Crippen molar-refractivity contribution in [2.24, 2.45) is 11.3 Å². The molecule has 0 aliphatic heterocycles. The number of nitrogens with one attached hydrogen (secondary N) is 2. The first-order chi connectivity index (χ1) is 10.4. The van der Waals surface area contributed by atoms with E-state index in [1.54, 1.807) is 0 Å². The Bertz CT molecular complexity index is 560. The van der Waals surface area contributed by atoms with Gasteiger partial charge in [-0.25, -0.2) is 0 Å². The molecule has 0 unspecified atom stereocenters. The summed E-state index contributed by atoms with van der Waals surface area (Å²) in [4.78, 5) is 24.9. The molecule has 0 bridgehead atoms. The molecule has 2 amide bonds. The van der Waals surface area contributed by atoms with Crippen LogP contribution in [0, 0.1) is 11.3 Å². The first-order valence-corrected chi connectivity index (χ1v) is 8.05. The second-order valence-electron chi connectivity index (χ2n) is 6.88. The van der Waals surface area contributed by atoms with Crippen molar-refractivity contribution in [1.29, 1.82) is 0 Å². The Morgan fingerprint density at radius 3 is 2.27 bits per heavy atom. The molecule has 1 fully saturated rings. The van der Waals surface area contributed by atoms with E-state index in [1.165, 1.54) is 0 Å². The number of hydrogen-bond donors (Lipinski definition) is 2. The molecular formula is C18H26N2O2. The maximum absolute atomic E-state index is 12.6. The van der Waals surface area contributed by atoms with Gasteiger partial charge in [0.15, 0.2) is 0 Å². The molecule has 0 aromatic heterocycles. The summed E-state index contributed by atoms with van der Waals surface area (Å²) in [5.74, 6) is 0.383. The molecule has 0 atom stereocenters. The molecule has 120 valence electrons. The topological polar surface area (TPSA) is 58.2 Å². The van der Waals surface area contributed by atoms with Gasteiger partial charge in [0.25, 0.3) is 0 Å². The largest absolute Gasteiger partial charge is 0.355 e. The zero-order chi connectivity index (χ0) is 16.3. The summed E-state index contributed by atoms with van der Waals surface area (Å²) < 4.78 is 0. The molecule has 2 N–H and O–H groups in total. The second kappa shape index (κ2) is 6.51. The molecule has 0 spiro atoms. The molecule has 1 aliphatic carbocycles. The third-order valence-electron chi connectivity index (χ3n) is 4.12. The van der Waals surface area contributed by atoms with E-state index in [4.69, 9.17) is 0 Å². The van der Waals surface area contributed by atoms with Gasteiger partial charge in [0.1, 0.15) is 5.41 Å². The van der Waals surface area contributed by atoms with Crippen molar-refractivity contribution in [3.63, 3.8) is 0 Å². The van der Waals surface area contributed by atoms with E-state index in [0.717, 1.165) is 11.3 Å². The van der Waals surface area contributed by atoms with Gasteiger partial charge in [-0.05, 0) is 36.3 Å². The summed E-state index contributed by atoms with van der Waals surface area (Å²) in [5.41, 5.74) is 1.04. The molecule has 1 aliphatic rings. The van der Waals surface area contributed by atoms with Crippen LogP contribution in [-0.4, -0.2) is 18.4 Å². The Hall–Kier alpha value is -1.84. The number of hydrogen-bond acceptors (Lipinski definition) is 2. The van der Waals surface area contributed by atoms with Crippen LogP contribution in [0.4, 0.5) is 5.69 Å². The van der Waals surface area contributed by atoms with E-state index in [2.05, 4.69) is 24.5 Å². The highest BCUT2D eigenvalue weighted by molar-refractivity contribution is 6.13. The minimum atomic E-state index is -0.862. The maximum atomic E-state index is 12.6. The number of rotatable bonds is 6. The standard InChI is InChI=1S/C18H26N2O2/c1-12(2)11-19-16(21)18(9-10-18)17(22)20-15-8-6-5-7-14(15)13(3)4/h5-8,12-13H,9-11H2,1-4H3,(H,19,21)(H,20,22). The second-order valence-corrected chi connectivity index (χ2v) is 6.88. The van der Waals surface area contributed by atoms with Gasteiger partial charge in [0.2, 0.25) is 11.8 Å². The molecule has 1 aromatic rings. The van der Waals surface area contributed by atoms with Gasteiger partial charge in [0, 0.05) is 12.2 Å². The average molecular weight is 302 g/mol. The van der Waals surface area contributed by atoms with Crippen LogP contribution in [0.2, 0.25) is 0 Å². The Morgan fingerprint density at radius 1 is 1.09 bits per heavy atom. The summed E-state index contributed by atoms with van der Waals surface area (Å²) in [7, 11) is 0. The van der Waals surface area contributed by atoms with Crippen molar-refractivity contribution in [1.82, 2.24) is 5.32 Å². The fourth-order valence-electron chi connectivity index (χ4n) is 2.50. The molecule has 2 rings (SSSR count). The predicted molar refractivity (Wildman–Crippen MR) is 88.7 cm³/mol. The van der Waals surface area contributed by atoms with Crippen LogP contribution in [0.1, 0.15) is 52.0 Å². The summed E-state index contributed by atoms with van der Waals surface area (Å²) >= 11 is 0. The van der Waals surface area contributed by atoms with Gasteiger partial charge in [-0.2, -0.15) is 0 Å². The number of benzene rings is 1. The summed E-state index contributed by atoms with van der Waals surface area (Å²) in [6.07, 6.45) is 1.26. The predicted octanol–water partition coefficient (Wildman–Crippen LogP) is 3.30. The summed E-state index contributed by atoms with van der Waals surface area (Å²) in [6.45, 7) is 8.87. The quantitative estimate of drug-likeness (QED) is 0.792. The van der Waals surface area contributed by atoms with E-state index >= 15 is 0 Å². The zero-order valence-corrected chi connectivity index (χ0v) is 13.9. The van der Waals surface area contributed by atoms with E-state index in [-0.39, 0.29) is 11.8 Å². The molecule has 0 saturated heterocycles. The van der Waals surface area contributed by atoms with Crippen LogP contribution in [0.3, 0.4) is 0 Å². The normalized spacial score (nSPS) is 15.7. The highest BCUT2D eigenvalue weighted by Crippen LogP contribution is 2.47. The lowest BCUT2D eigenvalue weighted by molar-refractivity contribution is -0.134. The molecule has 4 heteroatoms. The van der Waals surface area contributed by atoms with Crippen molar-refractivity contribution < 1.29 is 9.59 Å². The minimum absolute atomic E-state index is 0.138. The fourth-order valence-corrected chi connectivity index (χ4v) is 2.50. The number of carbonyl (C=O) groups is 2. The highest BCUT2D eigenvalue weighted by Gasteiger charge is 2.56. The summed E-state index contributed by atoms with van der Waals surface area (Å²) in [5, 5.41) is 5.85. The van der Waals surface area contributed by atoms with Crippen molar-refractivity contribution in [3.8, 4) is 0 Å². The molecule has 22 heavy (non-hydrogen) atoms. The molecule has 0 heterocycles. The molecule has 0 radical (unpaired) electrons. The lowest BCUT2D eigenvalue weighted by Crippen LogP contribution is -2.41. The van der Waals surface area contributed by atoms with Gasteiger partial charge < -0.3 is 10.6 Å². The van der Waals surface area contributed by atoms with Gasteiger partial charge in [-0.1, -0.05) is 45.9 Å². The number of amides is 2. The van der Waals surface area contributed by atoms with E-state index < -0.39 is 5.41 Å². The third kappa shape index (κ3) is 3.49. The Balaban J connectivity index is 2.08. The van der Waals surface area contributed by atoms with Gasteiger partial charge in [-0.3, -0.25) is 9.59 Å². The van der Waals surface area contributed by atoms with Crippen molar-refractivity contribution in [2.75, 3.05) is 11.9 Å². The molecule has 4 nitrogen and oxygen atoms in total. The van der Waals surface area contributed by atoms with Gasteiger partial charge >= 0.3 is 0 Å². The highest BCUT2D eigenvalue weighted by atomic mass is 16.2. The van der Waals surface area contributed by atoms with Crippen molar-refractivity contribution in [2.45, 2.75) is 46.5 Å².